The van der Waals surface area contributed by atoms with Crippen molar-refractivity contribution in [2.24, 2.45) is 5.73 Å². The summed E-state index contributed by atoms with van der Waals surface area (Å²) in [6, 6.07) is 4.34. The molecule has 3 heteroatoms. The monoisotopic (exact) mass is 222 g/mol. The maximum absolute atomic E-state index is 5.44. The molecule has 16 heavy (non-hydrogen) atoms. The third-order valence-electron chi connectivity index (χ3n) is 2.61. The van der Waals surface area contributed by atoms with Crippen molar-refractivity contribution in [1.82, 2.24) is 5.32 Å². The summed E-state index contributed by atoms with van der Waals surface area (Å²) >= 11 is 0. The van der Waals surface area contributed by atoms with Crippen LogP contribution in [-0.2, 0) is 6.54 Å². The predicted octanol–water partition coefficient (Wildman–Crippen LogP) is 1.75. The number of nitrogens with two attached hydrogens (primary N) is 1. The molecule has 1 aromatic carbocycles. The van der Waals surface area contributed by atoms with Crippen LogP contribution in [0.2, 0.25) is 0 Å². The van der Waals surface area contributed by atoms with Crippen LogP contribution in [0.5, 0.6) is 5.75 Å². The Morgan fingerprint density at radius 1 is 1.25 bits per heavy atom. The molecule has 0 atom stereocenters. The van der Waals surface area contributed by atoms with E-state index in [1.165, 1.54) is 16.7 Å². The van der Waals surface area contributed by atoms with Crippen molar-refractivity contribution in [2.75, 3.05) is 20.2 Å². The SMILES string of the molecule is COc1c(C)cc(CNCCCN)cc1C. The molecule has 0 saturated heterocycles. The van der Waals surface area contributed by atoms with E-state index in [0.717, 1.165) is 31.8 Å². The molecule has 1 rings (SSSR count). The fourth-order valence-corrected chi connectivity index (χ4v) is 1.92. The number of aryl methyl sites for hydroxylation is 2. The summed E-state index contributed by atoms with van der Waals surface area (Å²) in [6.45, 7) is 6.77. The lowest BCUT2D eigenvalue weighted by molar-refractivity contribution is 0.408. The Morgan fingerprint density at radius 2 is 1.88 bits per heavy atom. The van der Waals surface area contributed by atoms with Crippen molar-refractivity contribution in [3.8, 4) is 5.75 Å². The van der Waals surface area contributed by atoms with Gasteiger partial charge in [-0.25, -0.2) is 0 Å². The minimum Gasteiger partial charge on any atom is -0.496 e. The molecule has 3 nitrogen and oxygen atoms in total. The van der Waals surface area contributed by atoms with Gasteiger partial charge in [-0.2, -0.15) is 0 Å². The summed E-state index contributed by atoms with van der Waals surface area (Å²) in [6.07, 6.45) is 1.02. The van der Waals surface area contributed by atoms with Gasteiger partial charge >= 0.3 is 0 Å². The zero-order valence-corrected chi connectivity index (χ0v) is 10.5. The highest BCUT2D eigenvalue weighted by molar-refractivity contribution is 5.43. The first-order valence-electron chi connectivity index (χ1n) is 5.74. The Labute approximate surface area is 98.0 Å². The van der Waals surface area contributed by atoms with Crippen LogP contribution in [0.25, 0.3) is 0 Å². The lowest BCUT2D eigenvalue weighted by atomic mass is 10.1. The van der Waals surface area contributed by atoms with Crippen LogP contribution in [0.1, 0.15) is 23.1 Å². The highest BCUT2D eigenvalue weighted by Gasteiger charge is 2.04. The van der Waals surface area contributed by atoms with E-state index < -0.39 is 0 Å². The number of benzene rings is 1. The Morgan fingerprint density at radius 3 is 2.38 bits per heavy atom. The summed E-state index contributed by atoms with van der Waals surface area (Å²) in [7, 11) is 1.72. The maximum atomic E-state index is 5.44. The highest BCUT2D eigenvalue weighted by atomic mass is 16.5. The first-order valence-corrected chi connectivity index (χ1v) is 5.74. The van der Waals surface area contributed by atoms with Crippen LogP contribution in [0.4, 0.5) is 0 Å². The van der Waals surface area contributed by atoms with Gasteiger partial charge in [0.05, 0.1) is 7.11 Å². The van der Waals surface area contributed by atoms with E-state index in [4.69, 9.17) is 10.5 Å². The fourth-order valence-electron chi connectivity index (χ4n) is 1.92. The molecule has 0 amide bonds. The Balaban J connectivity index is 2.61. The molecule has 0 bridgehead atoms. The van der Waals surface area contributed by atoms with E-state index in [2.05, 4.69) is 31.3 Å². The van der Waals surface area contributed by atoms with Crippen molar-refractivity contribution < 1.29 is 4.74 Å². The van der Waals surface area contributed by atoms with Crippen LogP contribution in [-0.4, -0.2) is 20.2 Å². The van der Waals surface area contributed by atoms with Crippen molar-refractivity contribution in [2.45, 2.75) is 26.8 Å². The molecular weight excluding hydrogens is 200 g/mol. The first kappa shape index (κ1) is 13.0. The van der Waals surface area contributed by atoms with Crippen LogP contribution >= 0.6 is 0 Å². The summed E-state index contributed by atoms with van der Waals surface area (Å²) in [5.41, 5.74) is 9.12. The second kappa shape index (κ2) is 6.51. The van der Waals surface area contributed by atoms with Crippen molar-refractivity contribution in [3.05, 3.63) is 28.8 Å². The second-order valence-corrected chi connectivity index (χ2v) is 4.08. The minimum atomic E-state index is 0.744. The quantitative estimate of drug-likeness (QED) is 0.721. The zero-order chi connectivity index (χ0) is 12.0. The van der Waals surface area contributed by atoms with Gasteiger partial charge in [-0.1, -0.05) is 12.1 Å². The molecule has 0 saturated carbocycles. The van der Waals surface area contributed by atoms with E-state index in [9.17, 15) is 0 Å². The van der Waals surface area contributed by atoms with Gasteiger partial charge in [-0.05, 0) is 50.0 Å². The van der Waals surface area contributed by atoms with Gasteiger partial charge in [0.1, 0.15) is 5.75 Å². The molecule has 0 aliphatic rings. The third-order valence-corrected chi connectivity index (χ3v) is 2.61. The van der Waals surface area contributed by atoms with Crippen LogP contribution in [0.15, 0.2) is 12.1 Å². The third kappa shape index (κ3) is 3.51. The topological polar surface area (TPSA) is 47.3 Å². The van der Waals surface area contributed by atoms with Crippen molar-refractivity contribution in [1.29, 1.82) is 0 Å². The molecular formula is C13H22N2O. The summed E-state index contributed by atoms with van der Waals surface area (Å²) in [4.78, 5) is 0. The first-order chi connectivity index (χ1) is 7.69. The average molecular weight is 222 g/mol. The molecule has 90 valence electrons. The minimum absolute atomic E-state index is 0.744. The largest absolute Gasteiger partial charge is 0.496 e. The van der Waals surface area contributed by atoms with E-state index >= 15 is 0 Å². The number of methoxy groups -OCH3 is 1. The lowest BCUT2D eigenvalue weighted by Gasteiger charge is -2.11. The van der Waals surface area contributed by atoms with Gasteiger partial charge < -0.3 is 15.8 Å². The molecule has 0 aromatic heterocycles. The van der Waals surface area contributed by atoms with Crippen LogP contribution in [0, 0.1) is 13.8 Å². The van der Waals surface area contributed by atoms with Gasteiger partial charge in [0.15, 0.2) is 0 Å². The number of ether oxygens (including phenoxy) is 1. The second-order valence-electron chi connectivity index (χ2n) is 4.08. The lowest BCUT2D eigenvalue weighted by Crippen LogP contribution is -2.17. The van der Waals surface area contributed by atoms with Gasteiger partial charge in [0, 0.05) is 6.54 Å². The molecule has 0 radical (unpaired) electrons. The maximum Gasteiger partial charge on any atom is 0.124 e. The molecule has 0 aliphatic carbocycles. The van der Waals surface area contributed by atoms with Gasteiger partial charge in [-0.15, -0.1) is 0 Å². The Bertz CT molecular complexity index is 314. The summed E-state index contributed by atoms with van der Waals surface area (Å²) in [5.74, 6) is 0.991. The molecule has 0 aliphatic heterocycles. The number of rotatable bonds is 6. The summed E-state index contributed by atoms with van der Waals surface area (Å²) in [5, 5.41) is 3.37. The van der Waals surface area contributed by atoms with E-state index in [0.29, 0.717) is 0 Å². The number of hydrogen-bond donors (Lipinski definition) is 2. The average Bonchev–Trinajstić information content (AvgIpc) is 2.24. The van der Waals surface area contributed by atoms with Crippen molar-refractivity contribution in [3.63, 3.8) is 0 Å². The number of hydrogen-bond acceptors (Lipinski definition) is 3. The normalized spacial score (nSPS) is 10.5. The Kier molecular flexibility index (Phi) is 5.29. The van der Waals surface area contributed by atoms with E-state index in [1.54, 1.807) is 7.11 Å². The standard InChI is InChI=1S/C13H22N2O/c1-10-7-12(9-15-6-4-5-14)8-11(2)13(10)16-3/h7-8,15H,4-6,9,14H2,1-3H3. The number of nitrogens with one attached hydrogen (secondary N) is 1. The smallest absolute Gasteiger partial charge is 0.124 e. The van der Waals surface area contributed by atoms with Gasteiger partial charge in [0.2, 0.25) is 0 Å². The Hall–Kier alpha value is -1.06. The van der Waals surface area contributed by atoms with Crippen molar-refractivity contribution >= 4 is 0 Å². The van der Waals surface area contributed by atoms with Crippen LogP contribution in [0.3, 0.4) is 0 Å². The van der Waals surface area contributed by atoms with Gasteiger partial charge in [0.25, 0.3) is 0 Å². The highest BCUT2D eigenvalue weighted by Crippen LogP contribution is 2.24. The molecule has 0 heterocycles. The molecule has 3 N–H and O–H groups in total. The summed E-state index contributed by atoms with van der Waals surface area (Å²) < 4.78 is 5.34. The molecule has 1 aromatic rings. The van der Waals surface area contributed by atoms with Gasteiger partial charge in [-0.3, -0.25) is 0 Å². The predicted molar refractivity (Wildman–Crippen MR) is 67.8 cm³/mol. The zero-order valence-electron chi connectivity index (χ0n) is 10.5. The van der Waals surface area contributed by atoms with E-state index in [1.807, 2.05) is 0 Å². The molecule has 0 spiro atoms. The molecule has 0 fully saturated rings. The molecule has 0 unspecified atom stereocenters. The van der Waals surface area contributed by atoms with Crippen LogP contribution < -0.4 is 15.8 Å². The van der Waals surface area contributed by atoms with E-state index in [-0.39, 0.29) is 0 Å². The fraction of sp³-hybridized carbons (Fsp3) is 0.538.